The van der Waals surface area contributed by atoms with Gasteiger partial charge in [0.05, 0.1) is 6.04 Å². The summed E-state index contributed by atoms with van der Waals surface area (Å²) in [6.07, 6.45) is 7.00. The zero-order chi connectivity index (χ0) is 22.0. The molecule has 4 aliphatic rings. The highest BCUT2D eigenvalue weighted by molar-refractivity contribution is 5.79. The molecule has 0 amide bonds. The second-order valence-electron chi connectivity index (χ2n) is 9.03. The van der Waals surface area contributed by atoms with Crippen LogP contribution in [0.3, 0.4) is 0 Å². The summed E-state index contributed by atoms with van der Waals surface area (Å²) < 4.78 is 0. The van der Waals surface area contributed by atoms with Crippen LogP contribution in [-0.4, -0.2) is 61.2 Å². The maximum Gasteiger partial charge on any atom is 0.128 e. The molecule has 4 aliphatic heterocycles. The van der Waals surface area contributed by atoms with E-state index in [1.807, 2.05) is 13.8 Å². The molecule has 0 aliphatic carbocycles. The van der Waals surface area contributed by atoms with Crippen molar-refractivity contribution >= 4 is 17.2 Å². The number of rotatable bonds is 3. The highest BCUT2D eigenvalue weighted by Crippen LogP contribution is 2.41. The van der Waals surface area contributed by atoms with Crippen LogP contribution in [0.4, 0.5) is 11.5 Å². The van der Waals surface area contributed by atoms with E-state index in [9.17, 15) is 0 Å². The first kappa shape index (κ1) is 21.3. The standard InChI is InChI=1S/C24H30N6.C2H6/c1-2-4-20-19(3-1)22(30-12-8-24(17-30)7-9-27-24)15-21(28-20)18-5-6-23(26-16-18)29-13-10-25-11-14-29;1-2/h1-6,15-16,21,25,27-28H,7-14,17H2;1-2H3. The Hall–Kier alpha value is -2.57. The second kappa shape index (κ2) is 9.12. The molecule has 2 unspecified atom stereocenters. The first-order valence-corrected chi connectivity index (χ1v) is 12.3. The molecule has 2 atom stereocenters. The fourth-order valence-corrected chi connectivity index (χ4v) is 5.31. The molecule has 6 rings (SSSR count). The normalized spacial score (nSPS) is 26.4. The highest BCUT2D eigenvalue weighted by Gasteiger charge is 2.43. The van der Waals surface area contributed by atoms with Crippen molar-refractivity contribution < 1.29 is 0 Å². The van der Waals surface area contributed by atoms with Gasteiger partial charge >= 0.3 is 0 Å². The van der Waals surface area contributed by atoms with Crippen LogP contribution in [0.1, 0.15) is 43.9 Å². The van der Waals surface area contributed by atoms with Crippen molar-refractivity contribution in [2.75, 3.05) is 56.0 Å². The van der Waals surface area contributed by atoms with Crippen molar-refractivity contribution in [1.29, 1.82) is 0 Å². The van der Waals surface area contributed by atoms with Gasteiger partial charge in [-0.2, -0.15) is 0 Å². The molecule has 1 spiro atoms. The molecule has 2 aromatic rings. The second-order valence-corrected chi connectivity index (χ2v) is 9.03. The quantitative estimate of drug-likeness (QED) is 0.691. The number of likely N-dealkylation sites (tertiary alicyclic amines) is 1. The Bertz CT molecular complexity index is 943. The molecule has 0 saturated carbocycles. The van der Waals surface area contributed by atoms with Gasteiger partial charge in [0.15, 0.2) is 0 Å². The van der Waals surface area contributed by atoms with Gasteiger partial charge < -0.3 is 25.8 Å². The summed E-state index contributed by atoms with van der Waals surface area (Å²) in [5.41, 5.74) is 5.47. The Morgan fingerprint density at radius 3 is 2.44 bits per heavy atom. The maximum absolute atomic E-state index is 4.81. The summed E-state index contributed by atoms with van der Waals surface area (Å²) in [5, 5.41) is 10.8. The third-order valence-electron chi connectivity index (χ3n) is 7.21. The van der Waals surface area contributed by atoms with Crippen LogP contribution in [-0.2, 0) is 0 Å². The summed E-state index contributed by atoms with van der Waals surface area (Å²) in [7, 11) is 0. The molecular weight excluding hydrogens is 396 g/mol. The fourth-order valence-electron chi connectivity index (χ4n) is 5.31. The first-order chi connectivity index (χ1) is 15.8. The number of benzene rings is 1. The van der Waals surface area contributed by atoms with E-state index in [0.717, 1.165) is 45.1 Å². The van der Waals surface area contributed by atoms with Crippen molar-refractivity contribution in [1.82, 2.24) is 20.5 Å². The highest BCUT2D eigenvalue weighted by atomic mass is 15.3. The monoisotopic (exact) mass is 432 g/mol. The number of hydrogen-bond donors (Lipinski definition) is 3. The molecule has 3 fully saturated rings. The van der Waals surface area contributed by atoms with Crippen molar-refractivity contribution in [3.8, 4) is 0 Å². The molecule has 32 heavy (non-hydrogen) atoms. The van der Waals surface area contributed by atoms with Crippen LogP contribution in [0.15, 0.2) is 48.7 Å². The van der Waals surface area contributed by atoms with Gasteiger partial charge in [-0.25, -0.2) is 4.98 Å². The molecule has 3 N–H and O–H groups in total. The Labute approximate surface area is 192 Å². The Morgan fingerprint density at radius 1 is 0.938 bits per heavy atom. The maximum atomic E-state index is 4.81. The van der Waals surface area contributed by atoms with Gasteiger partial charge in [-0.1, -0.05) is 38.1 Å². The summed E-state index contributed by atoms with van der Waals surface area (Å²) in [5.74, 6) is 1.08. The van der Waals surface area contributed by atoms with E-state index in [-0.39, 0.29) is 6.04 Å². The van der Waals surface area contributed by atoms with Crippen molar-refractivity contribution in [2.24, 2.45) is 0 Å². The average molecular weight is 433 g/mol. The lowest BCUT2D eigenvalue weighted by Gasteiger charge is -2.40. The van der Waals surface area contributed by atoms with Crippen LogP contribution < -0.4 is 20.9 Å². The van der Waals surface area contributed by atoms with E-state index < -0.39 is 0 Å². The predicted molar refractivity (Wildman–Crippen MR) is 133 cm³/mol. The third kappa shape index (κ3) is 3.97. The van der Waals surface area contributed by atoms with Crippen molar-refractivity contribution in [3.05, 3.63) is 59.8 Å². The molecule has 3 saturated heterocycles. The third-order valence-corrected chi connectivity index (χ3v) is 7.21. The number of fused-ring (bicyclic) bond motifs is 1. The van der Waals surface area contributed by atoms with E-state index >= 15 is 0 Å². The Morgan fingerprint density at radius 2 is 1.75 bits per heavy atom. The van der Waals surface area contributed by atoms with Gasteiger partial charge in [0.1, 0.15) is 5.82 Å². The molecule has 0 bridgehead atoms. The SMILES string of the molecule is C1=C(N2CCC3(CCN3)C2)c2ccccc2NC1c1ccc(N2CCNCC2)nc1.CC. The topological polar surface area (TPSA) is 55.5 Å². The summed E-state index contributed by atoms with van der Waals surface area (Å²) in [6.45, 7) is 11.5. The van der Waals surface area contributed by atoms with Crippen LogP contribution in [0.25, 0.3) is 5.70 Å². The van der Waals surface area contributed by atoms with E-state index in [1.165, 1.54) is 41.9 Å². The number of pyridine rings is 1. The van der Waals surface area contributed by atoms with Gasteiger partial charge in [-0.15, -0.1) is 0 Å². The minimum atomic E-state index is 0.144. The molecule has 5 heterocycles. The number of hydrogen-bond acceptors (Lipinski definition) is 6. The molecular formula is C26H36N6. The largest absolute Gasteiger partial charge is 0.374 e. The van der Waals surface area contributed by atoms with Crippen LogP contribution in [0.5, 0.6) is 0 Å². The lowest BCUT2D eigenvalue weighted by Crippen LogP contribution is -2.58. The number of anilines is 2. The lowest BCUT2D eigenvalue weighted by atomic mass is 9.87. The molecule has 6 heteroatoms. The Balaban J connectivity index is 0.00000105. The zero-order valence-electron chi connectivity index (χ0n) is 19.4. The Kier molecular flexibility index (Phi) is 6.07. The molecule has 1 aromatic heterocycles. The van der Waals surface area contributed by atoms with E-state index in [0.29, 0.717) is 5.54 Å². The van der Waals surface area contributed by atoms with Gasteiger partial charge in [-0.3, -0.25) is 0 Å². The van der Waals surface area contributed by atoms with Gasteiger partial charge in [0.2, 0.25) is 0 Å². The van der Waals surface area contributed by atoms with E-state index in [1.54, 1.807) is 0 Å². The number of para-hydroxylation sites is 1. The summed E-state index contributed by atoms with van der Waals surface area (Å²) in [4.78, 5) is 9.75. The first-order valence-electron chi connectivity index (χ1n) is 12.3. The fraction of sp³-hybridized carbons (Fsp3) is 0.500. The average Bonchev–Trinajstić information content (AvgIpc) is 3.32. The van der Waals surface area contributed by atoms with Crippen molar-refractivity contribution in [3.63, 3.8) is 0 Å². The van der Waals surface area contributed by atoms with Crippen molar-refractivity contribution in [2.45, 2.75) is 38.3 Å². The smallest absolute Gasteiger partial charge is 0.128 e. The zero-order valence-corrected chi connectivity index (χ0v) is 19.4. The molecule has 6 nitrogen and oxygen atoms in total. The molecule has 1 aromatic carbocycles. The summed E-state index contributed by atoms with van der Waals surface area (Å²) in [6, 6.07) is 13.3. The minimum Gasteiger partial charge on any atom is -0.374 e. The number of aromatic nitrogens is 1. The number of nitrogens with one attached hydrogen (secondary N) is 3. The number of piperazine rings is 1. The minimum absolute atomic E-state index is 0.144. The van der Waals surface area contributed by atoms with E-state index in [4.69, 9.17) is 4.98 Å². The van der Waals surface area contributed by atoms with Crippen LogP contribution in [0.2, 0.25) is 0 Å². The van der Waals surface area contributed by atoms with Gasteiger partial charge in [0, 0.05) is 68.0 Å². The predicted octanol–water partition coefficient (Wildman–Crippen LogP) is 3.46. The van der Waals surface area contributed by atoms with Crippen LogP contribution >= 0.6 is 0 Å². The van der Waals surface area contributed by atoms with Gasteiger partial charge in [0.25, 0.3) is 0 Å². The van der Waals surface area contributed by atoms with Crippen LogP contribution in [0, 0.1) is 0 Å². The lowest BCUT2D eigenvalue weighted by molar-refractivity contribution is 0.219. The molecule has 0 radical (unpaired) electrons. The summed E-state index contributed by atoms with van der Waals surface area (Å²) >= 11 is 0. The van der Waals surface area contributed by atoms with E-state index in [2.05, 4.69) is 74.4 Å². The number of nitrogens with zero attached hydrogens (tertiary/aromatic N) is 3. The molecule has 170 valence electrons. The van der Waals surface area contributed by atoms with Gasteiger partial charge in [-0.05, 0) is 43.2 Å².